The Morgan fingerprint density at radius 3 is 2.95 bits per heavy atom. The second-order valence-electron chi connectivity index (χ2n) is 5.64. The number of benzene rings is 1. The summed E-state index contributed by atoms with van der Waals surface area (Å²) in [5, 5.41) is 15.2. The van der Waals surface area contributed by atoms with Crippen LogP contribution in [0.5, 0.6) is 0 Å². The van der Waals surface area contributed by atoms with E-state index in [-0.39, 0.29) is 17.9 Å². The number of rotatable bonds is 4. The molecule has 0 saturated heterocycles. The van der Waals surface area contributed by atoms with Gasteiger partial charge in [0.2, 0.25) is 5.91 Å². The molecule has 1 aliphatic carbocycles. The van der Waals surface area contributed by atoms with Crippen molar-refractivity contribution < 1.29 is 9.90 Å². The number of carbonyl (C=O) groups is 1. The number of carbonyl (C=O) groups excluding carboxylic acids is 1. The zero-order valence-electron chi connectivity index (χ0n) is 12.0. The Bertz CT molecular complexity index is 623. The van der Waals surface area contributed by atoms with Gasteiger partial charge in [0.1, 0.15) is 0 Å². The van der Waals surface area contributed by atoms with Crippen LogP contribution >= 0.6 is 11.3 Å². The predicted molar refractivity (Wildman–Crippen MR) is 84.2 cm³/mol. The quantitative estimate of drug-likeness (QED) is 0.912. The lowest BCUT2D eigenvalue weighted by Crippen LogP contribution is -2.37. The largest absolute Gasteiger partial charge is 0.390 e. The molecule has 4 heteroatoms. The molecular formula is C17H19NO2S. The summed E-state index contributed by atoms with van der Waals surface area (Å²) in [5.41, 5.74) is 2.17. The van der Waals surface area contributed by atoms with Crippen LogP contribution in [0.1, 0.15) is 29.0 Å². The summed E-state index contributed by atoms with van der Waals surface area (Å²) in [6.45, 7) is 1.93. The fourth-order valence-electron chi connectivity index (χ4n) is 2.87. The lowest BCUT2D eigenvalue weighted by Gasteiger charge is -2.20. The monoisotopic (exact) mass is 301 g/mol. The maximum Gasteiger partial charge on any atom is 0.223 e. The van der Waals surface area contributed by atoms with Gasteiger partial charge in [0.25, 0.3) is 0 Å². The smallest absolute Gasteiger partial charge is 0.223 e. The minimum Gasteiger partial charge on any atom is -0.390 e. The van der Waals surface area contributed by atoms with Crippen LogP contribution in [0.2, 0.25) is 0 Å². The van der Waals surface area contributed by atoms with Gasteiger partial charge in [-0.1, -0.05) is 37.3 Å². The van der Waals surface area contributed by atoms with E-state index in [0.717, 1.165) is 17.5 Å². The van der Waals surface area contributed by atoms with Crippen LogP contribution in [0.15, 0.2) is 41.8 Å². The summed E-state index contributed by atoms with van der Waals surface area (Å²) in [4.78, 5) is 13.6. The zero-order chi connectivity index (χ0) is 14.8. The molecule has 2 N–H and O–H groups in total. The molecule has 1 aromatic heterocycles. The van der Waals surface area contributed by atoms with Crippen molar-refractivity contribution in [3.05, 3.63) is 57.8 Å². The number of hydrogen-bond donors (Lipinski definition) is 2. The maximum absolute atomic E-state index is 12.4. The number of thiophene rings is 1. The van der Waals surface area contributed by atoms with Crippen molar-refractivity contribution in [2.24, 2.45) is 5.92 Å². The lowest BCUT2D eigenvalue weighted by molar-refractivity contribution is -0.126. The summed E-state index contributed by atoms with van der Waals surface area (Å²) < 4.78 is 0. The topological polar surface area (TPSA) is 49.3 Å². The van der Waals surface area contributed by atoms with E-state index in [0.29, 0.717) is 6.42 Å². The third kappa shape index (κ3) is 3.01. The Morgan fingerprint density at radius 1 is 1.38 bits per heavy atom. The molecular weight excluding hydrogens is 282 g/mol. The lowest BCUT2D eigenvalue weighted by atomic mass is 10.0. The van der Waals surface area contributed by atoms with Gasteiger partial charge in [-0.15, -0.1) is 11.3 Å². The van der Waals surface area contributed by atoms with E-state index in [1.165, 1.54) is 4.88 Å². The molecule has 0 bridgehead atoms. The van der Waals surface area contributed by atoms with Gasteiger partial charge in [0.05, 0.1) is 12.1 Å². The summed E-state index contributed by atoms with van der Waals surface area (Å²) in [7, 11) is 0. The van der Waals surface area contributed by atoms with Crippen molar-refractivity contribution in [3.8, 4) is 0 Å². The van der Waals surface area contributed by atoms with E-state index in [4.69, 9.17) is 0 Å². The van der Waals surface area contributed by atoms with Gasteiger partial charge in [0, 0.05) is 17.2 Å². The summed E-state index contributed by atoms with van der Waals surface area (Å²) >= 11 is 1.67. The van der Waals surface area contributed by atoms with Crippen LogP contribution in [0.25, 0.3) is 0 Å². The number of aliphatic hydroxyl groups excluding tert-OH is 1. The summed E-state index contributed by atoms with van der Waals surface area (Å²) in [5.74, 6) is -0.0900. The Balaban J connectivity index is 1.67. The highest BCUT2D eigenvalue weighted by atomic mass is 32.1. The summed E-state index contributed by atoms with van der Waals surface area (Å²) in [6, 6.07) is 11.7. The highest BCUT2D eigenvalue weighted by molar-refractivity contribution is 7.09. The van der Waals surface area contributed by atoms with Crippen LogP contribution in [-0.2, 0) is 17.6 Å². The molecule has 0 saturated carbocycles. The van der Waals surface area contributed by atoms with Crippen molar-refractivity contribution in [1.29, 1.82) is 0 Å². The van der Waals surface area contributed by atoms with Gasteiger partial charge >= 0.3 is 0 Å². The van der Waals surface area contributed by atoms with Crippen LogP contribution in [0, 0.1) is 5.92 Å². The standard InChI is InChI=1S/C17H19NO2S/c1-11(9-13-6-4-8-21-13)17(20)18-16-14-7-3-2-5-12(14)10-15(16)19/h2-8,11,15-16,19H,9-10H2,1H3,(H,18,20)/t11?,15-,16+/m1/s1. The van der Waals surface area contributed by atoms with Gasteiger partial charge < -0.3 is 10.4 Å². The fourth-order valence-corrected chi connectivity index (χ4v) is 3.70. The third-order valence-corrected chi connectivity index (χ3v) is 4.94. The SMILES string of the molecule is CC(Cc1cccs1)C(=O)N[C@H]1c2ccccc2C[C@H]1O. The van der Waals surface area contributed by atoms with Crippen molar-refractivity contribution in [2.45, 2.75) is 31.9 Å². The molecule has 110 valence electrons. The predicted octanol–water partition coefficient (Wildman–Crippen LogP) is 2.70. The average molecular weight is 301 g/mol. The van der Waals surface area contributed by atoms with Crippen LogP contribution in [0.4, 0.5) is 0 Å². The summed E-state index contributed by atoms with van der Waals surface area (Å²) in [6.07, 6.45) is 0.828. The average Bonchev–Trinajstić information content (AvgIpc) is 3.07. The number of nitrogens with one attached hydrogen (secondary N) is 1. The third-order valence-electron chi connectivity index (χ3n) is 4.04. The Morgan fingerprint density at radius 2 is 2.19 bits per heavy atom. The van der Waals surface area contributed by atoms with Gasteiger partial charge in [-0.25, -0.2) is 0 Å². The molecule has 1 aliphatic rings. The van der Waals surface area contributed by atoms with E-state index < -0.39 is 6.10 Å². The molecule has 3 nitrogen and oxygen atoms in total. The van der Waals surface area contributed by atoms with Crippen LogP contribution < -0.4 is 5.32 Å². The molecule has 0 spiro atoms. The Hall–Kier alpha value is -1.65. The Labute approximate surface area is 128 Å². The van der Waals surface area contributed by atoms with E-state index >= 15 is 0 Å². The number of hydrogen-bond acceptors (Lipinski definition) is 3. The first kappa shape index (κ1) is 14.3. The van der Waals surface area contributed by atoms with Crippen molar-refractivity contribution in [1.82, 2.24) is 5.32 Å². The van der Waals surface area contributed by atoms with Crippen molar-refractivity contribution in [2.75, 3.05) is 0 Å². The highest BCUT2D eigenvalue weighted by Gasteiger charge is 2.32. The maximum atomic E-state index is 12.4. The van der Waals surface area contributed by atoms with Crippen molar-refractivity contribution >= 4 is 17.2 Å². The van der Waals surface area contributed by atoms with Crippen LogP contribution in [-0.4, -0.2) is 17.1 Å². The molecule has 1 unspecified atom stereocenters. The molecule has 2 aromatic rings. The Kier molecular flexibility index (Phi) is 4.08. The van der Waals surface area contributed by atoms with Crippen LogP contribution in [0.3, 0.4) is 0 Å². The second kappa shape index (κ2) is 6.00. The minimum absolute atomic E-state index is 0.00385. The van der Waals surface area contributed by atoms with Gasteiger partial charge in [-0.2, -0.15) is 0 Å². The van der Waals surface area contributed by atoms with Gasteiger partial charge in [-0.05, 0) is 29.0 Å². The molecule has 1 heterocycles. The van der Waals surface area contributed by atoms with E-state index in [9.17, 15) is 9.90 Å². The molecule has 0 fully saturated rings. The van der Waals surface area contributed by atoms with E-state index in [1.54, 1.807) is 11.3 Å². The molecule has 1 aromatic carbocycles. The normalized spacial score (nSPS) is 21.8. The number of aliphatic hydroxyl groups is 1. The minimum atomic E-state index is -0.528. The number of amides is 1. The highest BCUT2D eigenvalue weighted by Crippen LogP contribution is 2.31. The molecule has 1 amide bonds. The zero-order valence-corrected chi connectivity index (χ0v) is 12.8. The fraction of sp³-hybridized carbons (Fsp3) is 0.353. The molecule has 21 heavy (non-hydrogen) atoms. The first-order valence-corrected chi connectivity index (χ1v) is 8.11. The van der Waals surface area contributed by atoms with E-state index in [1.807, 2.05) is 48.7 Å². The molecule has 0 radical (unpaired) electrons. The molecule has 3 atom stereocenters. The first-order chi connectivity index (χ1) is 10.1. The molecule has 0 aliphatic heterocycles. The first-order valence-electron chi connectivity index (χ1n) is 7.24. The number of fused-ring (bicyclic) bond motifs is 1. The van der Waals surface area contributed by atoms with Crippen molar-refractivity contribution in [3.63, 3.8) is 0 Å². The van der Waals surface area contributed by atoms with Gasteiger partial charge in [0.15, 0.2) is 0 Å². The second-order valence-corrected chi connectivity index (χ2v) is 6.67. The molecule has 3 rings (SSSR count). The van der Waals surface area contributed by atoms with Gasteiger partial charge in [-0.3, -0.25) is 4.79 Å². The van der Waals surface area contributed by atoms with E-state index in [2.05, 4.69) is 5.32 Å².